The summed E-state index contributed by atoms with van der Waals surface area (Å²) in [5.74, 6) is 0. The van der Waals surface area contributed by atoms with Crippen LogP contribution in [0.5, 0.6) is 0 Å². The SMILES string of the molecule is CCN(CC)c1ncc(CN2CCO[C@H](c3cnn(C)c3)C2)s1. The van der Waals surface area contributed by atoms with Gasteiger partial charge >= 0.3 is 0 Å². The predicted octanol–water partition coefficient (Wildman–Crippen LogP) is 2.30. The van der Waals surface area contributed by atoms with E-state index in [0.717, 1.165) is 50.0 Å². The fraction of sp³-hybridized carbons (Fsp3) is 0.625. The summed E-state index contributed by atoms with van der Waals surface area (Å²) in [4.78, 5) is 10.6. The van der Waals surface area contributed by atoms with Crippen LogP contribution in [0, 0.1) is 0 Å². The normalized spacial score (nSPS) is 19.2. The first-order chi connectivity index (χ1) is 11.2. The number of anilines is 1. The number of ether oxygens (including phenoxy) is 1. The van der Waals surface area contributed by atoms with Crippen LogP contribution in [0.2, 0.25) is 0 Å². The quantitative estimate of drug-likeness (QED) is 0.810. The fourth-order valence-electron chi connectivity index (χ4n) is 2.89. The van der Waals surface area contributed by atoms with Gasteiger partial charge in [-0.05, 0) is 13.8 Å². The number of hydrogen-bond acceptors (Lipinski definition) is 6. The van der Waals surface area contributed by atoms with Gasteiger partial charge in [0.15, 0.2) is 5.13 Å². The maximum Gasteiger partial charge on any atom is 0.185 e. The molecule has 126 valence electrons. The molecule has 2 aromatic heterocycles. The van der Waals surface area contributed by atoms with E-state index in [0.29, 0.717) is 0 Å². The number of morpholine rings is 1. The van der Waals surface area contributed by atoms with Crippen molar-refractivity contribution in [2.75, 3.05) is 37.7 Å². The number of hydrogen-bond donors (Lipinski definition) is 0. The van der Waals surface area contributed by atoms with Crippen molar-refractivity contribution in [1.82, 2.24) is 19.7 Å². The van der Waals surface area contributed by atoms with Crippen molar-refractivity contribution in [3.8, 4) is 0 Å². The van der Waals surface area contributed by atoms with Crippen LogP contribution in [-0.2, 0) is 18.3 Å². The van der Waals surface area contributed by atoms with E-state index in [1.807, 2.05) is 30.3 Å². The van der Waals surface area contributed by atoms with Crippen molar-refractivity contribution < 1.29 is 4.74 Å². The number of aromatic nitrogens is 3. The maximum absolute atomic E-state index is 5.91. The molecule has 0 aliphatic carbocycles. The molecule has 1 saturated heterocycles. The van der Waals surface area contributed by atoms with Crippen LogP contribution < -0.4 is 4.90 Å². The Morgan fingerprint density at radius 3 is 2.87 bits per heavy atom. The number of nitrogens with zero attached hydrogens (tertiary/aromatic N) is 5. The van der Waals surface area contributed by atoms with Crippen LogP contribution in [-0.4, -0.2) is 52.5 Å². The molecule has 23 heavy (non-hydrogen) atoms. The van der Waals surface area contributed by atoms with Crippen molar-refractivity contribution in [3.05, 3.63) is 29.0 Å². The second kappa shape index (κ2) is 7.42. The summed E-state index contributed by atoms with van der Waals surface area (Å²) in [6, 6.07) is 0. The van der Waals surface area contributed by atoms with Crippen LogP contribution in [0.1, 0.15) is 30.4 Å². The lowest BCUT2D eigenvalue weighted by Crippen LogP contribution is -2.37. The van der Waals surface area contributed by atoms with Crippen molar-refractivity contribution in [2.45, 2.75) is 26.5 Å². The van der Waals surface area contributed by atoms with E-state index < -0.39 is 0 Å². The molecule has 2 aromatic rings. The van der Waals surface area contributed by atoms with Crippen molar-refractivity contribution in [3.63, 3.8) is 0 Å². The summed E-state index contributed by atoms with van der Waals surface area (Å²) in [6.45, 7) is 9.93. The monoisotopic (exact) mass is 335 g/mol. The molecule has 7 heteroatoms. The van der Waals surface area contributed by atoms with Gasteiger partial charge < -0.3 is 9.64 Å². The highest BCUT2D eigenvalue weighted by Crippen LogP contribution is 2.26. The lowest BCUT2D eigenvalue weighted by Gasteiger charge is -2.32. The van der Waals surface area contributed by atoms with E-state index in [4.69, 9.17) is 4.74 Å². The summed E-state index contributed by atoms with van der Waals surface area (Å²) in [6.07, 6.45) is 6.08. The van der Waals surface area contributed by atoms with E-state index in [-0.39, 0.29) is 6.10 Å². The van der Waals surface area contributed by atoms with Gasteiger partial charge in [-0.15, -0.1) is 11.3 Å². The van der Waals surface area contributed by atoms with Gasteiger partial charge in [0.2, 0.25) is 0 Å². The molecule has 1 aliphatic heterocycles. The highest BCUT2D eigenvalue weighted by molar-refractivity contribution is 7.15. The zero-order valence-electron chi connectivity index (χ0n) is 14.1. The molecular weight excluding hydrogens is 310 g/mol. The van der Waals surface area contributed by atoms with E-state index in [1.54, 1.807) is 11.3 Å². The zero-order valence-corrected chi connectivity index (χ0v) is 14.9. The molecule has 3 heterocycles. The van der Waals surface area contributed by atoms with E-state index in [2.05, 4.69) is 33.7 Å². The second-order valence-corrected chi connectivity index (χ2v) is 6.92. The maximum atomic E-state index is 5.91. The Morgan fingerprint density at radius 2 is 2.17 bits per heavy atom. The molecule has 0 N–H and O–H groups in total. The number of aryl methyl sites for hydroxylation is 1. The average molecular weight is 335 g/mol. The molecule has 6 nitrogen and oxygen atoms in total. The third-order valence-corrected chi connectivity index (χ3v) is 5.24. The minimum absolute atomic E-state index is 0.118. The first-order valence-corrected chi connectivity index (χ1v) is 9.03. The van der Waals surface area contributed by atoms with Crippen LogP contribution >= 0.6 is 11.3 Å². The van der Waals surface area contributed by atoms with Crippen LogP contribution in [0.3, 0.4) is 0 Å². The van der Waals surface area contributed by atoms with Crippen LogP contribution in [0.15, 0.2) is 18.6 Å². The van der Waals surface area contributed by atoms with Crippen LogP contribution in [0.4, 0.5) is 5.13 Å². The van der Waals surface area contributed by atoms with Crippen molar-refractivity contribution in [1.29, 1.82) is 0 Å². The topological polar surface area (TPSA) is 46.4 Å². The van der Waals surface area contributed by atoms with Crippen molar-refractivity contribution in [2.24, 2.45) is 7.05 Å². The Morgan fingerprint density at radius 1 is 1.35 bits per heavy atom. The van der Waals surface area contributed by atoms with Gasteiger partial charge in [0.05, 0.1) is 18.9 Å². The minimum Gasteiger partial charge on any atom is -0.371 e. The standard InChI is InChI=1S/C16H25N5OS/c1-4-21(5-2)16-17-9-14(23-16)11-20-6-7-22-15(12-20)13-8-18-19(3)10-13/h8-10,15H,4-7,11-12H2,1-3H3/t15-/m0/s1. The van der Waals surface area contributed by atoms with E-state index >= 15 is 0 Å². The molecular formula is C16H25N5OS. The smallest absolute Gasteiger partial charge is 0.185 e. The molecule has 1 atom stereocenters. The lowest BCUT2D eigenvalue weighted by atomic mass is 10.1. The summed E-state index contributed by atoms with van der Waals surface area (Å²) in [5.41, 5.74) is 1.16. The van der Waals surface area contributed by atoms with Gasteiger partial charge in [0.1, 0.15) is 0 Å². The summed E-state index contributed by atoms with van der Waals surface area (Å²) in [5, 5.41) is 5.37. The van der Waals surface area contributed by atoms with Gasteiger partial charge in [-0.3, -0.25) is 9.58 Å². The zero-order chi connectivity index (χ0) is 16.2. The molecule has 0 spiro atoms. The predicted molar refractivity (Wildman–Crippen MR) is 92.9 cm³/mol. The third-order valence-electron chi connectivity index (χ3n) is 4.20. The van der Waals surface area contributed by atoms with Gasteiger partial charge in [-0.1, -0.05) is 0 Å². The Hall–Kier alpha value is -1.44. The molecule has 0 saturated carbocycles. The van der Waals surface area contributed by atoms with E-state index in [9.17, 15) is 0 Å². The number of thiazole rings is 1. The average Bonchev–Trinajstić information content (AvgIpc) is 3.18. The lowest BCUT2D eigenvalue weighted by molar-refractivity contribution is -0.0326. The fourth-order valence-corrected chi connectivity index (χ4v) is 3.96. The summed E-state index contributed by atoms with van der Waals surface area (Å²) >= 11 is 1.80. The highest BCUT2D eigenvalue weighted by Gasteiger charge is 2.23. The first kappa shape index (κ1) is 16.4. The molecule has 0 bridgehead atoms. The molecule has 0 unspecified atom stereocenters. The molecule has 0 radical (unpaired) electrons. The molecule has 0 aromatic carbocycles. The largest absolute Gasteiger partial charge is 0.371 e. The minimum atomic E-state index is 0.118. The van der Waals surface area contributed by atoms with Gasteiger partial charge in [0, 0.05) is 62.6 Å². The highest BCUT2D eigenvalue weighted by atomic mass is 32.1. The Kier molecular flexibility index (Phi) is 5.30. The van der Waals surface area contributed by atoms with Crippen molar-refractivity contribution >= 4 is 16.5 Å². The van der Waals surface area contributed by atoms with E-state index in [1.165, 1.54) is 4.88 Å². The number of rotatable bonds is 6. The van der Waals surface area contributed by atoms with Gasteiger partial charge in [0.25, 0.3) is 0 Å². The Bertz CT molecular complexity index is 622. The third kappa shape index (κ3) is 3.91. The van der Waals surface area contributed by atoms with Gasteiger partial charge in [-0.2, -0.15) is 5.10 Å². The first-order valence-electron chi connectivity index (χ1n) is 8.21. The van der Waals surface area contributed by atoms with Gasteiger partial charge in [-0.25, -0.2) is 4.98 Å². The summed E-state index contributed by atoms with van der Waals surface area (Å²) < 4.78 is 7.74. The Labute approximate surface area is 141 Å². The Balaban J connectivity index is 1.61. The molecule has 0 amide bonds. The molecule has 1 aliphatic rings. The molecule has 3 rings (SSSR count). The summed E-state index contributed by atoms with van der Waals surface area (Å²) in [7, 11) is 1.94. The molecule has 1 fully saturated rings. The van der Waals surface area contributed by atoms with Crippen LogP contribution in [0.25, 0.3) is 0 Å². The second-order valence-electron chi connectivity index (χ2n) is 5.82.